The third-order valence-electron chi connectivity index (χ3n) is 1.88. The lowest BCUT2D eigenvalue weighted by atomic mass is 10.4. The van der Waals surface area contributed by atoms with Crippen LogP contribution in [0, 0.1) is 0 Å². The van der Waals surface area contributed by atoms with Crippen molar-refractivity contribution in [2.24, 2.45) is 5.10 Å². The van der Waals surface area contributed by atoms with Gasteiger partial charge >= 0.3 is 0 Å². The molecule has 58 valence electrons. The summed E-state index contributed by atoms with van der Waals surface area (Å²) in [5.74, 6) is 0. The molecule has 1 aliphatic heterocycles. The Morgan fingerprint density at radius 3 is 2.40 bits per heavy atom. The summed E-state index contributed by atoms with van der Waals surface area (Å²) in [5.41, 5.74) is 0. The number of rotatable bonds is 1. The largest absolute Gasteiger partial charge is 0.286 e. The zero-order chi connectivity index (χ0) is 7.61. The van der Waals surface area contributed by atoms with Crippen molar-refractivity contribution in [1.82, 2.24) is 5.01 Å². The van der Waals surface area contributed by atoms with E-state index in [4.69, 9.17) is 0 Å². The van der Waals surface area contributed by atoms with Crippen molar-refractivity contribution in [2.75, 3.05) is 33.2 Å². The molecule has 0 atom stereocenters. The molecule has 0 aromatic rings. The van der Waals surface area contributed by atoms with Crippen LogP contribution < -0.4 is 0 Å². The van der Waals surface area contributed by atoms with E-state index in [0.717, 1.165) is 26.2 Å². The lowest BCUT2D eigenvalue weighted by Gasteiger charge is -2.34. The van der Waals surface area contributed by atoms with Crippen LogP contribution in [0.15, 0.2) is 5.10 Å². The molecule has 1 rings (SSSR count). The molecule has 0 amide bonds. The maximum Gasteiger partial charge on any atom is 0.128 e. The van der Waals surface area contributed by atoms with E-state index in [9.17, 15) is 5.21 Å². The van der Waals surface area contributed by atoms with Gasteiger partial charge in [0.2, 0.25) is 0 Å². The molecule has 1 aliphatic rings. The van der Waals surface area contributed by atoms with E-state index in [1.807, 2.05) is 5.01 Å². The maximum absolute atomic E-state index is 9.44. The molecule has 1 fully saturated rings. The maximum atomic E-state index is 9.44. The van der Waals surface area contributed by atoms with E-state index in [-0.39, 0.29) is 4.65 Å². The van der Waals surface area contributed by atoms with E-state index >= 15 is 0 Å². The zero-order valence-electron chi connectivity index (χ0n) is 6.32. The third kappa shape index (κ3) is 1.68. The predicted octanol–water partition coefficient (Wildman–Crippen LogP) is -0.247. The van der Waals surface area contributed by atoms with E-state index in [0.29, 0.717) is 0 Å². The number of nitrogens with zero attached hydrogens (tertiary/aromatic N) is 3. The van der Waals surface area contributed by atoms with E-state index < -0.39 is 0 Å². The smallest absolute Gasteiger partial charge is 0.128 e. The van der Waals surface area contributed by atoms with Crippen molar-refractivity contribution in [3.05, 3.63) is 0 Å². The Bertz CT molecular complexity index is 125. The van der Waals surface area contributed by atoms with Gasteiger partial charge in [-0.2, -0.15) is 9.75 Å². The Balaban J connectivity index is 2.38. The molecule has 0 bridgehead atoms. The van der Waals surface area contributed by atoms with Gasteiger partial charge in [0.1, 0.15) is 13.1 Å². The minimum absolute atomic E-state index is 0.117. The number of hydroxylamine groups is 3. The van der Waals surface area contributed by atoms with E-state index in [2.05, 4.69) is 11.8 Å². The number of piperazine rings is 1. The van der Waals surface area contributed by atoms with E-state index in [1.54, 1.807) is 7.05 Å². The molecule has 0 unspecified atom stereocenters. The summed E-state index contributed by atoms with van der Waals surface area (Å²) in [6, 6.07) is 0. The second-order valence-electron chi connectivity index (χ2n) is 2.88. The average Bonchev–Trinajstić information content (AvgIpc) is 1.88. The van der Waals surface area contributed by atoms with Crippen LogP contribution in [-0.4, -0.2) is 54.8 Å². The van der Waals surface area contributed by atoms with Crippen LogP contribution in [0.5, 0.6) is 0 Å². The topological polar surface area (TPSA) is 35.8 Å². The highest BCUT2D eigenvalue weighted by Gasteiger charge is 2.25. The summed E-state index contributed by atoms with van der Waals surface area (Å²) in [6.07, 6.45) is 0. The molecule has 0 aliphatic carbocycles. The van der Waals surface area contributed by atoms with Crippen LogP contribution in [0.25, 0.3) is 0 Å². The molecule has 0 aromatic carbocycles. The molecule has 0 saturated carbocycles. The first-order valence-electron chi connectivity index (χ1n) is 3.43. The fourth-order valence-electron chi connectivity index (χ4n) is 1.03. The van der Waals surface area contributed by atoms with Gasteiger partial charge in [-0.05, 0) is 0 Å². The Morgan fingerprint density at radius 1 is 1.50 bits per heavy atom. The molecule has 10 heavy (non-hydrogen) atoms. The molecule has 1 N–H and O–H groups in total. The van der Waals surface area contributed by atoms with Gasteiger partial charge in [0.05, 0.1) is 20.1 Å². The zero-order valence-corrected chi connectivity index (χ0v) is 6.32. The molecule has 0 aromatic heterocycles. The summed E-state index contributed by atoms with van der Waals surface area (Å²) in [5, 5.41) is 15.1. The van der Waals surface area contributed by atoms with Crippen LogP contribution in [0.1, 0.15) is 0 Å². The lowest BCUT2D eigenvalue weighted by molar-refractivity contribution is -1.09. The fourth-order valence-corrected chi connectivity index (χ4v) is 1.03. The number of hydrogen-bond acceptors (Lipinski definition) is 3. The summed E-state index contributed by atoms with van der Waals surface area (Å²) < 4.78 is 0.117. The fraction of sp³-hybridized carbons (Fsp3) is 0.833. The van der Waals surface area contributed by atoms with E-state index in [1.165, 1.54) is 0 Å². The van der Waals surface area contributed by atoms with Gasteiger partial charge in [-0.15, -0.1) is 0 Å². The average molecular weight is 144 g/mol. The first-order chi connectivity index (χ1) is 4.64. The number of hydrogen-bond donors (Lipinski definition) is 1. The number of likely N-dealkylation sites (N-methyl/N-ethyl adjacent to an activating group) is 1. The molecule has 1 heterocycles. The van der Waals surface area contributed by atoms with Crippen molar-refractivity contribution in [3.8, 4) is 0 Å². The first-order valence-corrected chi connectivity index (χ1v) is 3.43. The Labute approximate surface area is 60.9 Å². The van der Waals surface area contributed by atoms with Crippen LogP contribution in [0.2, 0.25) is 0 Å². The van der Waals surface area contributed by atoms with Crippen molar-refractivity contribution < 1.29 is 9.85 Å². The third-order valence-corrected chi connectivity index (χ3v) is 1.88. The highest BCUT2D eigenvalue weighted by atomic mass is 16.5. The van der Waals surface area contributed by atoms with Crippen LogP contribution in [0.4, 0.5) is 0 Å². The van der Waals surface area contributed by atoms with Crippen molar-refractivity contribution in [1.29, 1.82) is 0 Å². The van der Waals surface area contributed by atoms with Crippen molar-refractivity contribution >= 4 is 6.72 Å². The monoisotopic (exact) mass is 144 g/mol. The SMILES string of the molecule is C=NN1CC[N+](C)(O)CC1. The molecular formula is C6H14N3O+. The van der Waals surface area contributed by atoms with Gasteiger partial charge in [-0.25, -0.2) is 5.21 Å². The Kier molecular flexibility index (Phi) is 1.92. The summed E-state index contributed by atoms with van der Waals surface area (Å²) >= 11 is 0. The lowest BCUT2D eigenvalue weighted by Crippen LogP contribution is -2.53. The Morgan fingerprint density at radius 2 is 2.00 bits per heavy atom. The number of hydrazone groups is 1. The minimum atomic E-state index is 0.117. The summed E-state index contributed by atoms with van der Waals surface area (Å²) in [6.45, 7) is 6.49. The predicted molar refractivity (Wildman–Crippen MR) is 38.8 cm³/mol. The van der Waals surface area contributed by atoms with Gasteiger partial charge in [0, 0.05) is 6.72 Å². The van der Waals surface area contributed by atoms with Gasteiger partial charge in [-0.1, -0.05) is 0 Å². The number of quaternary nitrogens is 1. The molecule has 0 spiro atoms. The van der Waals surface area contributed by atoms with Gasteiger partial charge in [-0.3, -0.25) is 5.01 Å². The summed E-state index contributed by atoms with van der Waals surface area (Å²) in [4.78, 5) is 0. The quantitative estimate of drug-likeness (QED) is 0.407. The minimum Gasteiger partial charge on any atom is -0.286 e. The van der Waals surface area contributed by atoms with Crippen LogP contribution >= 0.6 is 0 Å². The molecule has 1 saturated heterocycles. The standard InChI is InChI=1S/C6H14N3O/c1-7-8-3-5-9(2,10)6-4-8/h10H,1,3-6H2,2H3/q+1. The summed E-state index contributed by atoms with van der Waals surface area (Å²) in [7, 11) is 1.81. The highest BCUT2D eigenvalue weighted by Crippen LogP contribution is 2.04. The molecule has 4 heteroatoms. The van der Waals surface area contributed by atoms with Gasteiger partial charge in [0.25, 0.3) is 0 Å². The van der Waals surface area contributed by atoms with Crippen molar-refractivity contribution in [2.45, 2.75) is 0 Å². The van der Waals surface area contributed by atoms with Crippen LogP contribution in [-0.2, 0) is 0 Å². The highest BCUT2D eigenvalue weighted by molar-refractivity contribution is 5.22. The normalized spacial score (nSPS) is 24.4. The molecular weight excluding hydrogens is 130 g/mol. The Hall–Kier alpha value is -0.610. The second kappa shape index (κ2) is 2.56. The first kappa shape index (κ1) is 7.50. The van der Waals surface area contributed by atoms with Crippen molar-refractivity contribution in [3.63, 3.8) is 0 Å². The van der Waals surface area contributed by atoms with Gasteiger partial charge in [0.15, 0.2) is 0 Å². The second-order valence-corrected chi connectivity index (χ2v) is 2.88. The van der Waals surface area contributed by atoms with Gasteiger partial charge < -0.3 is 0 Å². The molecule has 4 nitrogen and oxygen atoms in total. The molecule has 0 radical (unpaired) electrons. The van der Waals surface area contributed by atoms with Crippen LogP contribution in [0.3, 0.4) is 0 Å².